The summed E-state index contributed by atoms with van der Waals surface area (Å²) >= 11 is 0. The molecule has 4 atom stereocenters. The van der Waals surface area contributed by atoms with Crippen molar-refractivity contribution in [2.24, 2.45) is 0 Å². The molecule has 1 aliphatic heterocycles. The molecule has 2 amide bonds. The molecule has 0 bridgehead atoms. The molecule has 4 unspecified atom stereocenters. The van der Waals surface area contributed by atoms with Crippen LogP contribution in [0, 0.1) is 0 Å². The molecule has 2 heterocycles. The first-order valence-electron chi connectivity index (χ1n) is 11.9. The maximum atomic E-state index is 13.3. The van der Waals surface area contributed by atoms with Gasteiger partial charge in [0.2, 0.25) is 11.8 Å². The van der Waals surface area contributed by atoms with E-state index in [1.54, 1.807) is 25.1 Å². The number of rotatable bonds is 11. The number of carbonyl (C=O) groups excluding carboxylic acids is 3. The van der Waals surface area contributed by atoms with Crippen molar-refractivity contribution in [3.05, 3.63) is 59.1 Å². The summed E-state index contributed by atoms with van der Waals surface area (Å²) in [5, 5.41) is 23.4. The Bertz CT molecular complexity index is 1160. The van der Waals surface area contributed by atoms with E-state index in [0.717, 1.165) is 0 Å². The van der Waals surface area contributed by atoms with Crippen LogP contribution in [-0.4, -0.2) is 84.9 Å². The molecule has 11 heteroatoms. The van der Waals surface area contributed by atoms with Gasteiger partial charge in [0.1, 0.15) is 25.1 Å². The van der Waals surface area contributed by atoms with E-state index in [2.05, 4.69) is 5.32 Å². The molecule has 1 aliphatic carbocycles. The lowest BCUT2D eigenvalue weighted by Crippen LogP contribution is -2.56. The van der Waals surface area contributed by atoms with Crippen molar-refractivity contribution < 1.29 is 43.2 Å². The van der Waals surface area contributed by atoms with Gasteiger partial charge in [-0.15, -0.1) is 0 Å². The molecule has 0 spiro atoms. The number of hydrogen-bond acceptors (Lipinski definition) is 9. The van der Waals surface area contributed by atoms with Gasteiger partial charge in [-0.3, -0.25) is 14.4 Å². The van der Waals surface area contributed by atoms with Crippen molar-refractivity contribution in [2.75, 3.05) is 33.5 Å². The predicted molar refractivity (Wildman–Crippen MR) is 129 cm³/mol. The molecule has 11 nitrogen and oxygen atoms in total. The first-order chi connectivity index (χ1) is 17.9. The van der Waals surface area contributed by atoms with E-state index in [4.69, 9.17) is 18.6 Å². The van der Waals surface area contributed by atoms with Crippen molar-refractivity contribution in [3.63, 3.8) is 0 Å². The minimum Gasteiger partial charge on any atom is -0.493 e. The average Bonchev–Trinajstić information content (AvgIpc) is 3.57. The van der Waals surface area contributed by atoms with Gasteiger partial charge in [0.25, 0.3) is 0 Å². The molecule has 0 saturated carbocycles. The lowest BCUT2D eigenvalue weighted by Gasteiger charge is -2.40. The monoisotopic (exact) mass is 514 g/mol. The Morgan fingerprint density at radius 2 is 2.11 bits per heavy atom. The summed E-state index contributed by atoms with van der Waals surface area (Å²) in [6, 6.07) is 3.86. The largest absolute Gasteiger partial charge is 0.493 e. The van der Waals surface area contributed by atoms with E-state index >= 15 is 0 Å². The zero-order chi connectivity index (χ0) is 26.5. The second kappa shape index (κ2) is 11.6. The number of nitrogens with zero attached hydrogens (tertiary/aromatic N) is 1. The number of ether oxygens (including phenoxy) is 3. The molecule has 2 aliphatic rings. The first kappa shape index (κ1) is 26.4. The quantitative estimate of drug-likeness (QED) is 0.370. The Hall–Kier alpha value is -3.67. The molecule has 4 rings (SSSR count). The smallest absolute Gasteiger partial charge is 0.249 e. The third kappa shape index (κ3) is 5.24. The maximum absolute atomic E-state index is 13.3. The minimum atomic E-state index is -1.24. The number of amides is 2. The summed E-state index contributed by atoms with van der Waals surface area (Å²) in [4.78, 5) is 39.5. The van der Waals surface area contributed by atoms with Crippen LogP contribution in [0.5, 0.6) is 11.5 Å². The lowest BCUT2D eigenvalue weighted by molar-refractivity contribution is -0.142. The number of aliphatic hydroxyl groups is 2. The van der Waals surface area contributed by atoms with Gasteiger partial charge in [-0.05, 0) is 31.2 Å². The number of aliphatic hydroxyl groups excluding tert-OH is 2. The highest BCUT2D eigenvalue weighted by atomic mass is 16.5. The highest BCUT2D eigenvalue weighted by molar-refractivity contribution is 5.96. The fourth-order valence-corrected chi connectivity index (χ4v) is 4.77. The van der Waals surface area contributed by atoms with Crippen molar-refractivity contribution >= 4 is 18.1 Å². The van der Waals surface area contributed by atoms with Gasteiger partial charge in [-0.25, -0.2) is 0 Å². The Labute approximate surface area is 213 Å². The number of aldehydes is 1. The highest BCUT2D eigenvalue weighted by Gasteiger charge is 2.51. The van der Waals surface area contributed by atoms with E-state index in [-0.39, 0.29) is 37.6 Å². The average molecular weight is 515 g/mol. The fourth-order valence-electron chi connectivity index (χ4n) is 4.77. The topological polar surface area (TPSA) is 148 Å². The minimum absolute atomic E-state index is 0.00813. The van der Waals surface area contributed by atoms with E-state index in [9.17, 15) is 24.6 Å². The fraction of sp³-hybridized carbons (Fsp3) is 0.423. The molecule has 2 aromatic rings. The highest BCUT2D eigenvalue weighted by Crippen LogP contribution is 2.51. The normalized spacial score (nSPS) is 21.8. The van der Waals surface area contributed by atoms with Crippen LogP contribution in [0.4, 0.5) is 0 Å². The molecule has 0 saturated heterocycles. The third-order valence-electron chi connectivity index (χ3n) is 6.45. The molecule has 1 aromatic carbocycles. The predicted octanol–water partition coefficient (Wildman–Crippen LogP) is 0.789. The second-order valence-electron chi connectivity index (χ2n) is 8.69. The van der Waals surface area contributed by atoms with Gasteiger partial charge < -0.3 is 39.1 Å². The standard InChI is InChI=1S/C26H30N2O9/c1-3-35-14-21(31)28(11-15-4-7-36-13-15)19-10-18(26(33)27-5-6-29)22-17-8-16(12-30)9-20(34-2)24(17)37-25(22)23(19)32/h4,7-10,12-13,19,22-23,25,29,32H,3,5-6,11,14H2,1-2H3,(H,27,33). The number of hydrogen-bond donors (Lipinski definition) is 3. The summed E-state index contributed by atoms with van der Waals surface area (Å²) in [5.74, 6) is -1.03. The summed E-state index contributed by atoms with van der Waals surface area (Å²) in [6.45, 7) is 1.70. The molecule has 198 valence electrons. The van der Waals surface area contributed by atoms with Crippen LogP contribution in [0.25, 0.3) is 0 Å². The van der Waals surface area contributed by atoms with Crippen molar-refractivity contribution in [1.29, 1.82) is 0 Å². The SMILES string of the molecule is CCOCC(=O)N(Cc1ccoc1)C1C=C(C(=O)NCCO)C2c3cc(C=O)cc(OC)c3OC2C1O. The first-order valence-corrected chi connectivity index (χ1v) is 11.9. The summed E-state index contributed by atoms with van der Waals surface area (Å²) < 4.78 is 22.1. The van der Waals surface area contributed by atoms with Crippen LogP contribution in [0.2, 0.25) is 0 Å². The van der Waals surface area contributed by atoms with E-state index in [1.807, 2.05) is 0 Å². The van der Waals surface area contributed by atoms with Crippen LogP contribution in [0.15, 0.2) is 46.8 Å². The zero-order valence-electron chi connectivity index (χ0n) is 20.6. The lowest BCUT2D eigenvalue weighted by atomic mass is 9.77. The summed E-state index contributed by atoms with van der Waals surface area (Å²) in [6.07, 6.45) is 2.97. The molecule has 1 aromatic heterocycles. The molecule has 37 heavy (non-hydrogen) atoms. The van der Waals surface area contributed by atoms with Crippen LogP contribution in [0.1, 0.15) is 34.3 Å². The van der Waals surface area contributed by atoms with Crippen LogP contribution in [0.3, 0.4) is 0 Å². The van der Waals surface area contributed by atoms with E-state index in [0.29, 0.717) is 35.3 Å². The number of benzene rings is 1. The molecular weight excluding hydrogens is 484 g/mol. The van der Waals surface area contributed by atoms with Gasteiger partial charge in [0.15, 0.2) is 11.5 Å². The van der Waals surface area contributed by atoms with Crippen molar-refractivity contribution in [2.45, 2.75) is 37.6 Å². The Kier molecular flexibility index (Phi) is 8.27. The van der Waals surface area contributed by atoms with E-state index < -0.39 is 36.0 Å². The van der Waals surface area contributed by atoms with Gasteiger partial charge in [0, 0.05) is 42.0 Å². The number of fused-ring (bicyclic) bond motifs is 3. The number of furan rings is 1. The number of methoxy groups -OCH3 is 1. The van der Waals surface area contributed by atoms with Crippen molar-refractivity contribution in [3.8, 4) is 11.5 Å². The Morgan fingerprint density at radius 1 is 1.30 bits per heavy atom. The van der Waals surface area contributed by atoms with Gasteiger partial charge in [0.05, 0.1) is 38.2 Å². The molecule has 3 N–H and O–H groups in total. The van der Waals surface area contributed by atoms with Gasteiger partial charge in [-0.2, -0.15) is 0 Å². The molecule has 0 fully saturated rings. The Morgan fingerprint density at radius 3 is 2.76 bits per heavy atom. The molecule has 0 radical (unpaired) electrons. The van der Waals surface area contributed by atoms with Crippen LogP contribution < -0.4 is 14.8 Å². The zero-order valence-corrected chi connectivity index (χ0v) is 20.6. The van der Waals surface area contributed by atoms with Crippen molar-refractivity contribution in [1.82, 2.24) is 10.2 Å². The Balaban J connectivity index is 1.80. The molecular formula is C26H30N2O9. The summed E-state index contributed by atoms with van der Waals surface area (Å²) in [5.41, 5.74) is 1.75. The second-order valence-corrected chi connectivity index (χ2v) is 8.69. The third-order valence-corrected chi connectivity index (χ3v) is 6.45. The maximum Gasteiger partial charge on any atom is 0.249 e. The van der Waals surface area contributed by atoms with E-state index in [1.165, 1.54) is 30.6 Å². The van der Waals surface area contributed by atoms with Gasteiger partial charge >= 0.3 is 0 Å². The number of nitrogens with one attached hydrogen (secondary N) is 1. The van der Waals surface area contributed by atoms with Crippen LogP contribution >= 0.6 is 0 Å². The summed E-state index contributed by atoms with van der Waals surface area (Å²) in [7, 11) is 1.43. The van der Waals surface area contributed by atoms with Crippen LogP contribution in [-0.2, 0) is 20.9 Å². The number of carbonyl (C=O) groups is 3. The van der Waals surface area contributed by atoms with Gasteiger partial charge in [-0.1, -0.05) is 0 Å².